The van der Waals surface area contributed by atoms with Crippen molar-refractivity contribution < 1.29 is 23.8 Å². The second kappa shape index (κ2) is 11.6. The van der Waals surface area contributed by atoms with Gasteiger partial charge in [-0.1, -0.05) is 48.5 Å². The second-order valence-corrected chi connectivity index (χ2v) is 8.20. The van der Waals surface area contributed by atoms with E-state index in [9.17, 15) is 9.59 Å². The van der Waals surface area contributed by atoms with Crippen LogP contribution in [0.15, 0.2) is 95.4 Å². The molecule has 0 radical (unpaired) electrons. The zero-order valence-corrected chi connectivity index (χ0v) is 19.7. The maximum absolute atomic E-state index is 12.2. The van der Waals surface area contributed by atoms with Crippen LogP contribution in [0.4, 0.5) is 0 Å². The van der Waals surface area contributed by atoms with Gasteiger partial charge in [-0.3, -0.25) is 4.79 Å². The minimum absolute atomic E-state index is 0.178. The lowest BCUT2D eigenvalue weighted by molar-refractivity contribution is -0.123. The smallest absolute Gasteiger partial charge is 0.353 e. The summed E-state index contributed by atoms with van der Waals surface area (Å²) in [5.74, 6) is 0.385. The molecule has 1 N–H and O–H groups in total. The zero-order valence-electron chi connectivity index (χ0n) is 18.8. The number of benzene rings is 3. The molecule has 0 saturated heterocycles. The largest absolute Gasteiger partial charge is 0.493 e. The Morgan fingerprint density at radius 2 is 1.69 bits per heavy atom. The highest BCUT2D eigenvalue weighted by Gasteiger charge is 2.13. The molecule has 0 aliphatic carbocycles. The van der Waals surface area contributed by atoms with Gasteiger partial charge in [0.05, 0.1) is 13.3 Å². The molecule has 1 amide bonds. The number of amides is 1. The summed E-state index contributed by atoms with van der Waals surface area (Å²) < 4.78 is 16.2. The van der Waals surface area contributed by atoms with Crippen molar-refractivity contribution in [2.24, 2.45) is 5.10 Å². The topological polar surface area (TPSA) is 86.2 Å². The molecule has 1 aromatic heterocycles. The van der Waals surface area contributed by atoms with E-state index in [1.807, 2.05) is 54.6 Å². The molecule has 0 unspecified atom stereocenters. The van der Waals surface area contributed by atoms with Crippen LogP contribution in [-0.2, 0) is 4.79 Å². The van der Waals surface area contributed by atoms with Gasteiger partial charge < -0.3 is 14.2 Å². The Kier molecular flexibility index (Phi) is 7.88. The fourth-order valence-corrected chi connectivity index (χ4v) is 3.73. The van der Waals surface area contributed by atoms with Crippen molar-refractivity contribution in [3.63, 3.8) is 0 Å². The molecule has 4 rings (SSSR count). The van der Waals surface area contributed by atoms with Crippen LogP contribution < -0.4 is 19.6 Å². The number of hydrazone groups is 1. The van der Waals surface area contributed by atoms with E-state index in [-0.39, 0.29) is 6.61 Å². The third kappa shape index (κ3) is 6.55. The van der Waals surface area contributed by atoms with Gasteiger partial charge in [-0.05, 0) is 58.5 Å². The highest BCUT2D eigenvalue weighted by molar-refractivity contribution is 7.12. The molecule has 0 spiro atoms. The molecule has 7 nitrogen and oxygen atoms in total. The van der Waals surface area contributed by atoms with Crippen LogP contribution in [0.25, 0.3) is 11.1 Å². The predicted molar refractivity (Wildman–Crippen MR) is 135 cm³/mol. The van der Waals surface area contributed by atoms with E-state index in [1.54, 1.807) is 35.7 Å². The second-order valence-electron chi connectivity index (χ2n) is 7.25. The predicted octanol–water partition coefficient (Wildman–Crippen LogP) is 5.17. The van der Waals surface area contributed by atoms with Crippen molar-refractivity contribution in [2.75, 3.05) is 13.7 Å². The quantitative estimate of drug-likeness (QED) is 0.153. The summed E-state index contributed by atoms with van der Waals surface area (Å²) in [6.45, 7) is -0.178. The van der Waals surface area contributed by atoms with Gasteiger partial charge in [-0.25, -0.2) is 10.2 Å². The number of hydrogen-bond acceptors (Lipinski definition) is 7. The van der Waals surface area contributed by atoms with E-state index >= 15 is 0 Å². The molecule has 0 atom stereocenters. The molecular formula is C27H22N2O5S. The monoisotopic (exact) mass is 486 g/mol. The Balaban J connectivity index is 1.27. The normalized spacial score (nSPS) is 10.7. The van der Waals surface area contributed by atoms with E-state index in [2.05, 4.69) is 10.5 Å². The molecular weight excluding hydrogens is 464 g/mol. The molecule has 0 bridgehead atoms. The summed E-state index contributed by atoms with van der Waals surface area (Å²) in [6, 6.07) is 25.9. The van der Waals surface area contributed by atoms with E-state index in [0.717, 1.165) is 11.1 Å². The Morgan fingerprint density at radius 3 is 2.40 bits per heavy atom. The first-order valence-corrected chi connectivity index (χ1v) is 11.5. The van der Waals surface area contributed by atoms with E-state index in [1.165, 1.54) is 24.7 Å². The van der Waals surface area contributed by atoms with Gasteiger partial charge in [0.25, 0.3) is 5.91 Å². The van der Waals surface area contributed by atoms with E-state index in [4.69, 9.17) is 14.2 Å². The number of methoxy groups -OCH3 is 1. The van der Waals surface area contributed by atoms with E-state index in [0.29, 0.717) is 27.7 Å². The highest BCUT2D eigenvalue weighted by atomic mass is 32.1. The van der Waals surface area contributed by atoms with E-state index < -0.39 is 11.9 Å². The van der Waals surface area contributed by atoms with Gasteiger partial charge in [0.15, 0.2) is 18.1 Å². The molecule has 3 aromatic carbocycles. The molecule has 0 fully saturated rings. The molecule has 176 valence electrons. The maximum atomic E-state index is 12.2. The molecule has 0 saturated carbocycles. The number of carbonyl (C=O) groups is 2. The summed E-state index contributed by atoms with van der Waals surface area (Å²) in [7, 11) is 1.48. The minimum Gasteiger partial charge on any atom is -0.493 e. The highest BCUT2D eigenvalue weighted by Crippen LogP contribution is 2.29. The van der Waals surface area contributed by atoms with Crippen molar-refractivity contribution in [1.82, 2.24) is 5.43 Å². The van der Waals surface area contributed by atoms with Crippen molar-refractivity contribution in [2.45, 2.75) is 0 Å². The van der Waals surface area contributed by atoms with Gasteiger partial charge >= 0.3 is 5.97 Å². The SMILES string of the molecule is COc1cc(/C=N\NC(=O)COc2ccc(-c3ccccc3)cc2)ccc1OC(=O)c1cccs1. The number of ether oxygens (including phenoxy) is 3. The van der Waals surface area contributed by atoms with Crippen LogP contribution in [0.3, 0.4) is 0 Å². The summed E-state index contributed by atoms with van der Waals surface area (Å²) in [5.41, 5.74) is 5.24. The Bertz CT molecular complexity index is 1300. The summed E-state index contributed by atoms with van der Waals surface area (Å²) in [6.07, 6.45) is 1.46. The summed E-state index contributed by atoms with van der Waals surface area (Å²) >= 11 is 1.30. The van der Waals surface area contributed by atoms with Crippen LogP contribution in [0.1, 0.15) is 15.2 Å². The Hall–Kier alpha value is -4.43. The van der Waals surface area contributed by atoms with Gasteiger partial charge in [-0.2, -0.15) is 5.10 Å². The van der Waals surface area contributed by atoms with Crippen molar-refractivity contribution in [1.29, 1.82) is 0 Å². The van der Waals surface area contributed by atoms with Crippen molar-refractivity contribution >= 4 is 29.4 Å². The number of thiophene rings is 1. The third-order valence-electron chi connectivity index (χ3n) is 4.85. The molecule has 4 aromatic rings. The first-order valence-electron chi connectivity index (χ1n) is 10.7. The number of rotatable bonds is 9. The lowest BCUT2D eigenvalue weighted by Crippen LogP contribution is -2.24. The average Bonchev–Trinajstić information content (AvgIpc) is 3.44. The van der Waals surface area contributed by atoms with Crippen LogP contribution in [0.2, 0.25) is 0 Å². The van der Waals surface area contributed by atoms with Gasteiger partial charge in [0.1, 0.15) is 10.6 Å². The molecule has 0 aliphatic heterocycles. The lowest BCUT2D eigenvalue weighted by Gasteiger charge is -2.09. The molecule has 8 heteroatoms. The maximum Gasteiger partial charge on any atom is 0.353 e. The van der Waals surface area contributed by atoms with Crippen LogP contribution in [0, 0.1) is 0 Å². The first-order chi connectivity index (χ1) is 17.1. The molecule has 1 heterocycles. The van der Waals surface area contributed by atoms with Crippen molar-refractivity contribution in [3.05, 3.63) is 101 Å². The van der Waals surface area contributed by atoms with Crippen LogP contribution in [0.5, 0.6) is 17.2 Å². The van der Waals surface area contributed by atoms with Crippen molar-refractivity contribution in [3.8, 4) is 28.4 Å². The standard InChI is InChI=1S/C27H22N2O5S/c1-32-24-16-19(9-14-23(24)34-27(31)25-8-5-15-35-25)17-28-29-26(30)18-33-22-12-10-21(11-13-22)20-6-3-2-4-7-20/h2-17H,18H2,1H3,(H,29,30)/b28-17-. The first kappa shape index (κ1) is 23.7. The van der Waals surface area contributed by atoms with Gasteiger partial charge in [0.2, 0.25) is 0 Å². The fourth-order valence-electron chi connectivity index (χ4n) is 3.13. The van der Waals surface area contributed by atoms with Crippen LogP contribution >= 0.6 is 11.3 Å². The Labute approximate surface area is 206 Å². The van der Waals surface area contributed by atoms with Gasteiger partial charge in [-0.15, -0.1) is 11.3 Å². The molecule has 0 aliphatic rings. The lowest BCUT2D eigenvalue weighted by atomic mass is 10.1. The number of hydrogen-bond donors (Lipinski definition) is 1. The van der Waals surface area contributed by atoms with Gasteiger partial charge in [0, 0.05) is 0 Å². The Morgan fingerprint density at radius 1 is 0.914 bits per heavy atom. The zero-order chi connectivity index (χ0) is 24.5. The number of esters is 1. The summed E-state index contributed by atoms with van der Waals surface area (Å²) in [4.78, 5) is 24.7. The number of nitrogens with one attached hydrogen (secondary N) is 1. The summed E-state index contributed by atoms with van der Waals surface area (Å²) in [5, 5.41) is 5.75. The minimum atomic E-state index is -0.457. The number of nitrogens with zero attached hydrogens (tertiary/aromatic N) is 1. The third-order valence-corrected chi connectivity index (χ3v) is 5.70. The fraction of sp³-hybridized carbons (Fsp3) is 0.0741. The average molecular weight is 487 g/mol. The number of carbonyl (C=O) groups excluding carboxylic acids is 2. The van der Waals surface area contributed by atoms with Crippen LogP contribution in [-0.4, -0.2) is 31.8 Å². The molecule has 35 heavy (non-hydrogen) atoms.